The number of hydrogen-bond donors (Lipinski definition) is 0. The third-order valence-electron chi connectivity index (χ3n) is 3.09. The van der Waals surface area contributed by atoms with E-state index in [1.165, 1.54) is 18.2 Å². The van der Waals surface area contributed by atoms with Crippen molar-refractivity contribution < 1.29 is 22.7 Å². The summed E-state index contributed by atoms with van der Waals surface area (Å²) >= 11 is 0. The van der Waals surface area contributed by atoms with Crippen molar-refractivity contribution in [2.24, 2.45) is 5.92 Å². The van der Waals surface area contributed by atoms with Crippen molar-refractivity contribution in [2.75, 3.05) is 0 Å². The van der Waals surface area contributed by atoms with Crippen LogP contribution in [-0.4, -0.2) is 5.97 Å². The maximum absolute atomic E-state index is 12.7. The van der Waals surface area contributed by atoms with E-state index in [1.54, 1.807) is 0 Å². The highest BCUT2D eigenvalue weighted by Gasteiger charge is 2.35. The first-order valence-electron chi connectivity index (χ1n) is 5.86. The van der Waals surface area contributed by atoms with Crippen molar-refractivity contribution in [3.63, 3.8) is 0 Å². The standard InChI is InChI=1S/C13H13F3O2/c14-13(15,16)10-7-3-4-8-11(10)18-12(17)9-5-1-2-6-9/h3-4,7-9H,1-2,5-6H2. The predicted octanol–water partition coefficient (Wildman–Crippen LogP) is 3.80. The molecule has 0 saturated heterocycles. The summed E-state index contributed by atoms with van der Waals surface area (Å²) in [5, 5.41) is 0. The van der Waals surface area contributed by atoms with Gasteiger partial charge in [0.2, 0.25) is 0 Å². The first kappa shape index (κ1) is 12.9. The molecular formula is C13H13F3O2. The molecule has 1 aliphatic carbocycles. The summed E-state index contributed by atoms with van der Waals surface area (Å²) in [4.78, 5) is 11.7. The van der Waals surface area contributed by atoms with E-state index in [-0.39, 0.29) is 5.92 Å². The largest absolute Gasteiger partial charge is 0.426 e. The van der Waals surface area contributed by atoms with Gasteiger partial charge >= 0.3 is 12.1 Å². The Morgan fingerprint density at radius 3 is 2.39 bits per heavy atom. The lowest BCUT2D eigenvalue weighted by molar-refractivity contribution is -0.144. The van der Waals surface area contributed by atoms with E-state index in [0.29, 0.717) is 12.8 Å². The van der Waals surface area contributed by atoms with E-state index in [0.717, 1.165) is 18.9 Å². The lowest BCUT2D eigenvalue weighted by Gasteiger charge is -2.14. The van der Waals surface area contributed by atoms with Crippen LogP contribution in [-0.2, 0) is 11.0 Å². The molecule has 0 N–H and O–H groups in total. The number of carbonyl (C=O) groups is 1. The third-order valence-corrected chi connectivity index (χ3v) is 3.09. The predicted molar refractivity (Wildman–Crippen MR) is 59.0 cm³/mol. The van der Waals surface area contributed by atoms with Crippen LogP contribution < -0.4 is 4.74 Å². The molecule has 0 atom stereocenters. The number of alkyl halides is 3. The molecule has 1 aromatic rings. The topological polar surface area (TPSA) is 26.3 Å². The summed E-state index contributed by atoms with van der Waals surface area (Å²) in [6.07, 6.45) is -1.24. The normalized spacial score (nSPS) is 16.8. The summed E-state index contributed by atoms with van der Waals surface area (Å²) in [5.74, 6) is -1.21. The smallest absolute Gasteiger partial charge is 0.419 e. The van der Waals surface area contributed by atoms with Gasteiger partial charge in [-0.15, -0.1) is 0 Å². The van der Waals surface area contributed by atoms with Gasteiger partial charge in [0, 0.05) is 0 Å². The zero-order chi connectivity index (χ0) is 13.2. The Morgan fingerprint density at radius 1 is 1.17 bits per heavy atom. The number of carbonyl (C=O) groups excluding carboxylic acids is 1. The Bertz CT molecular complexity index is 434. The van der Waals surface area contributed by atoms with Crippen LogP contribution in [0.1, 0.15) is 31.2 Å². The minimum Gasteiger partial charge on any atom is -0.426 e. The summed E-state index contributed by atoms with van der Waals surface area (Å²) < 4.78 is 43.0. The highest BCUT2D eigenvalue weighted by Crippen LogP contribution is 2.36. The molecule has 18 heavy (non-hydrogen) atoms. The summed E-state index contributed by atoms with van der Waals surface area (Å²) in [7, 11) is 0. The maximum Gasteiger partial charge on any atom is 0.419 e. The number of para-hydroxylation sites is 1. The van der Waals surface area contributed by atoms with Gasteiger partial charge in [-0.05, 0) is 25.0 Å². The van der Waals surface area contributed by atoms with Crippen molar-refractivity contribution in [3.8, 4) is 5.75 Å². The molecule has 0 radical (unpaired) electrons. The number of rotatable bonds is 2. The minimum absolute atomic E-state index is 0.258. The van der Waals surface area contributed by atoms with Gasteiger partial charge in [-0.2, -0.15) is 13.2 Å². The van der Waals surface area contributed by atoms with Gasteiger partial charge in [-0.3, -0.25) is 4.79 Å². The van der Waals surface area contributed by atoms with Gasteiger partial charge in [0.1, 0.15) is 5.75 Å². The molecule has 0 aliphatic heterocycles. The molecule has 2 nitrogen and oxygen atoms in total. The Hall–Kier alpha value is -1.52. The lowest BCUT2D eigenvalue weighted by Crippen LogP contribution is -2.19. The number of hydrogen-bond acceptors (Lipinski definition) is 2. The maximum atomic E-state index is 12.7. The fraction of sp³-hybridized carbons (Fsp3) is 0.462. The molecular weight excluding hydrogens is 245 g/mol. The van der Waals surface area contributed by atoms with Crippen LogP contribution in [0, 0.1) is 5.92 Å². The number of ether oxygens (including phenoxy) is 1. The third kappa shape index (κ3) is 2.83. The van der Waals surface area contributed by atoms with E-state index in [9.17, 15) is 18.0 Å². The molecule has 1 saturated carbocycles. The van der Waals surface area contributed by atoms with Crippen LogP contribution in [0.15, 0.2) is 24.3 Å². The quantitative estimate of drug-likeness (QED) is 0.595. The van der Waals surface area contributed by atoms with Crippen molar-refractivity contribution in [3.05, 3.63) is 29.8 Å². The zero-order valence-corrected chi connectivity index (χ0v) is 9.67. The second kappa shape index (κ2) is 5.00. The Morgan fingerprint density at radius 2 is 1.78 bits per heavy atom. The van der Waals surface area contributed by atoms with Gasteiger partial charge in [-0.1, -0.05) is 25.0 Å². The van der Waals surface area contributed by atoms with Gasteiger partial charge in [0.15, 0.2) is 0 Å². The molecule has 0 aromatic heterocycles. The molecule has 2 rings (SSSR count). The van der Waals surface area contributed by atoms with Crippen molar-refractivity contribution >= 4 is 5.97 Å². The molecule has 98 valence electrons. The summed E-state index contributed by atoms with van der Waals surface area (Å²) in [6.45, 7) is 0. The molecule has 0 spiro atoms. The van der Waals surface area contributed by atoms with E-state index >= 15 is 0 Å². The highest BCUT2D eigenvalue weighted by atomic mass is 19.4. The van der Waals surface area contributed by atoms with Crippen LogP contribution in [0.25, 0.3) is 0 Å². The van der Waals surface area contributed by atoms with Crippen LogP contribution in [0.2, 0.25) is 0 Å². The number of esters is 1. The van der Waals surface area contributed by atoms with Crippen molar-refractivity contribution in [2.45, 2.75) is 31.9 Å². The molecule has 1 fully saturated rings. The van der Waals surface area contributed by atoms with Gasteiger partial charge in [-0.25, -0.2) is 0 Å². The van der Waals surface area contributed by atoms with Crippen LogP contribution in [0.5, 0.6) is 5.75 Å². The lowest BCUT2D eigenvalue weighted by atomic mass is 10.1. The molecule has 0 unspecified atom stereocenters. The van der Waals surface area contributed by atoms with E-state index in [4.69, 9.17) is 4.74 Å². The minimum atomic E-state index is -4.51. The van der Waals surface area contributed by atoms with Gasteiger partial charge < -0.3 is 4.74 Å². The van der Waals surface area contributed by atoms with Crippen LogP contribution >= 0.6 is 0 Å². The Balaban J connectivity index is 2.16. The number of benzene rings is 1. The second-order valence-electron chi connectivity index (χ2n) is 4.40. The first-order valence-corrected chi connectivity index (χ1v) is 5.86. The first-order chi connectivity index (χ1) is 8.48. The van der Waals surface area contributed by atoms with Gasteiger partial charge in [0.25, 0.3) is 0 Å². The average Bonchev–Trinajstić information content (AvgIpc) is 2.81. The SMILES string of the molecule is O=C(Oc1ccccc1C(F)(F)F)C1CCCC1. The molecule has 0 amide bonds. The zero-order valence-electron chi connectivity index (χ0n) is 9.67. The monoisotopic (exact) mass is 258 g/mol. The van der Waals surface area contributed by atoms with Crippen molar-refractivity contribution in [1.29, 1.82) is 0 Å². The fourth-order valence-corrected chi connectivity index (χ4v) is 2.14. The molecule has 1 aliphatic rings. The summed E-state index contributed by atoms with van der Waals surface area (Å²) in [6, 6.07) is 4.79. The van der Waals surface area contributed by atoms with E-state index in [1.807, 2.05) is 0 Å². The average molecular weight is 258 g/mol. The van der Waals surface area contributed by atoms with E-state index < -0.39 is 23.5 Å². The Kier molecular flexibility index (Phi) is 3.59. The van der Waals surface area contributed by atoms with Gasteiger partial charge in [0.05, 0.1) is 11.5 Å². The fourth-order valence-electron chi connectivity index (χ4n) is 2.14. The molecule has 5 heteroatoms. The Labute approximate surface area is 103 Å². The van der Waals surface area contributed by atoms with Crippen LogP contribution in [0.3, 0.4) is 0 Å². The summed E-state index contributed by atoms with van der Waals surface area (Å²) in [5.41, 5.74) is -0.906. The van der Waals surface area contributed by atoms with Crippen molar-refractivity contribution in [1.82, 2.24) is 0 Å². The van der Waals surface area contributed by atoms with E-state index in [2.05, 4.69) is 0 Å². The highest BCUT2D eigenvalue weighted by molar-refractivity contribution is 5.75. The second-order valence-corrected chi connectivity index (χ2v) is 4.40. The molecule has 1 aromatic carbocycles. The number of halogens is 3. The molecule has 0 heterocycles. The molecule has 0 bridgehead atoms. The van der Waals surface area contributed by atoms with Crippen LogP contribution in [0.4, 0.5) is 13.2 Å².